The number of nitrogens with zero attached hydrogens (tertiary/aromatic N) is 1. The normalized spacial score (nSPS) is 17.6. The van der Waals surface area contributed by atoms with Gasteiger partial charge in [-0.3, -0.25) is 4.79 Å². The molecule has 2 rings (SSSR count). The highest BCUT2D eigenvalue weighted by Crippen LogP contribution is 2.20. The van der Waals surface area contributed by atoms with Gasteiger partial charge in [0.25, 0.3) is 0 Å². The average molecular weight is 320 g/mol. The molecule has 1 aliphatic heterocycles. The van der Waals surface area contributed by atoms with Crippen molar-refractivity contribution in [1.29, 1.82) is 0 Å². The number of aliphatic carboxylic acids is 1. The molecule has 1 aromatic rings. The van der Waals surface area contributed by atoms with Gasteiger partial charge in [0, 0.05) is 24.7 Å². The van der Waals surface area contributed by atoms with Crippen molar-refractivity contribution < 1.29 is 32.3 Å². The van der Waals surface area contributed by atoms with E-state index in [1.807, 2.05) is 0 Å². The minimum absolute atomic E-state index is 0.0239. The Bertz CT molecular complexity index is 624. The first-order chi connectivity index (χ1) is 10.3. The van der Waals surface area contributed by atoms with Crippen LogP contribution >= 0.6 is 0 Å². The summed E-state index contributed by atoms with van der Waals surface area (Å²) in [6, 6.07) is -0.539. The third-order valence-electron chi connectivity index (χ3n) is 3.45. The van der Waals surface area contributed by atoms with Crippen molar-refractivity contribution in [2.24, 2.45) is 5.92 Å². The lowest BCUT2D eigenvalue weighted by molar-refractivity contribution is -0.141. The number of carbonyl (C=O) groups excluding carboxylic acids is 1. The van der Waals surface area contributed by atoms with E-state index in [2.05, 4.69) is 5.32 Å². The van der Waals surface area contributed by atoms with Crippen LogP contribution in [0.3, 0.4) is 0 Å². The van der Waals surface area contributed by atoms with Crippen molar-refractivity contribution in [2.75, 3.05) is 13.1 Å². The Morgan fingerprint density at radius 2 is 1.91 bits per heavy atom. The van der Waals surface area contributed by atoms with Crippen molar-refractivity contribution in [3.63, 3.8) is 0 Å². The first-order valence-corrected chi connectivity index (χ1v) is 6.38. The highest BCUT2D eigenvalue weighted by molar-refractivity contribution is 5.77. The highest BCUT2D eigenvalue weighted by Gasteiger charge is 2.31. The van der Waals surface area contributed by atoms with Gasteiger partial charge in [-0.1, -0.05) is 0 Å². The Morgan fingerprint density at radius 1 is 1.23 bits per heavy atom. The lowest BCUT2D eigenvalue weighted by Gasteiger charge is -2.17. The maximum Gasteiger partial charge on any atom is 0.317 e. The van der Waals surface area contributed by atoms with Crippen molar-refractivity contribution in [2.45, 2.75) is 13.0 Å². The van der Waals surface area contributed by atoms with E-state index >= 15 is 0 Å². The van der Waals surface area contributed by atoms with Gasteiger partial charge in [0.2, 0.25) is 0 Å². The lowest BCUT2D eigenvalue weighted by Crippen LogP contribution is -2.39. The Labute approximate surface area is 122 Å². The molecular formula is C13H12F4N2O3. The van der Waals surface area contributed by atoms with E-state index in [-0.39, 0.29) is 25.6 Å². The van der Waals surface area contributed by atoms with Crippen LogP contribution in [0.4, 0.5) is 22.4 Å². The van der Waals surface area contributed by atoms with Crippen molar-refractivity contribution in [1.82, 2.24) is 10.2 Å². The van der Waals surface area contributed by atoms with Gasteiger partial charge >= 0.3 is 12.0 Å². The number of likely N-dealkylation sites (tertiary alicyclic amines) is 1. The summed E-state index contributed by atoms with van der Waals surface area (Å²) in [6.45, 7) is -0.516. The Balaban J connectivity index is 2.01. The van der Waals surface area contributed by atoms with Crippen LogP contribution in [0.1, 0.15) is 12.0 Å². The van der Waals surface area contributed by atoms with E-state index in [0.717, 1.165) is 0 Å². The van der Waals surface area contributed by atoms with Crippen LogP contribution in [-0.4, -0.2) is 35.1 Å². The van der Waals surface area contributed by atoms with Gasteiger partial charge in [-0.05, 0) is 6.42 Å². The maximum atomic E-state index is 13.4. The van der Waals surface area contributed by atoms with Gasteiger partial charge in [0.1, 0.15) is 5.82 Å². The Kier molecular flexibility index (Phi) is 4.53. The van der Waals surface area contributed by atoms with Gasteiger partial charge in [-0.15, -0.1) is 0 Å². The predicted molar refractivity (Wildman–Crippen MR) is 65.8 cm³/mol. The number of rotatable bonds is 3. The molecule has 9 heteroatoms. The van der Waals surface area contributed by atoms with Crippen molar-refractivity contribution in [3.05, 3.63) is 34.9 Å². The minimum atomic E-state index is -1.82. The van der Waals surface area contributed by atoms with Gasteiger partial charge in [-0.2, -0.15) is 0 Å². The molecule has 0 aromatic heterocycles. The summed E-state index contributed by atoms with van der Waals surface area (Å²) in [5, 5.41) is 11.0. The number of amides is 2. The fourth-order valence-corrected chi connectivity index (χ4v) is 2.19. The molecular weight excluding hydrogens is 308 g/mol. The standard InChI is InChI=1S/C13H12F4N2O3/c14-8-3-9(15)11(17)10(16)7(8)4-18-13(22)19-2-1-6(5-19)12(20)21/h3,6H,1-2,4-5H2,(H,18,22)(H,20,21). The van der Waals surface area contributed by atoms with E-state index in [1.54, 1.807) is 0 Å². The molecule has 1 fully saturated rings. The van der Waals surface area contributed by atoms with Gasteiger partial charge in [0.15, 0.2) is 17.5 Å². The molecule has 1 aromatic carbocycles. The molecule has 1 unspecified atom stereocenters. The molecule has 2 amide bonds. The number of hydrogen-bond acceptors (Lipinski definition) is 2. The number of carboxylic acid groups (broad SMARTS) is 1. The second-order valence-corrected chi connectivity index (χ2v) is 4.88. The summed E-state index contributed by atoms with van der Waals surface area (Å²) in [6.07, 6.45) is 0.274. The first kappa shape index (κ1) is 16.1. The zero-order valence-electron chi connectivity index (χ0n) is 11.2. The average Bonchev–Trinajstić information content (AvgIpc) is 2.94. The molecule has 120 valence electrons. The fourth-order valence-electron chi connectivity index (χ4n) is 2.19. The zero-order valence-corrected chi connectivity index (χ0v) is 11.2. The van der Waals surface area contributed by atoms with Crippen LogP contribution in [0, 0.1) is 29.2 Å². The largest absolute Gasteiger partial charge is 0.481 e. The van der Waals surface area contributed by atoms with Crippen LogP contribution in [-0.2, 0) is 11.3 Å². The number of nitrogens with one attached hydrogen (secondary N) is 1. The van der Waals surface area contributed by atoms with E-state index < -0.39 is 53.3 Å². The molecule has 22 heavy (non-hydrogen) atoms. The van der Waals surface area contributed by atoms with Crippen LogP contribution < -0.4 is 5.32 Å². The van der Waals surface area contributed by atoms with Gasteiger partial charge < -0.3 is 15.3 Å². The first-order valence-electron chi connectivity index (χ1n) is 6.38. The number of carbonyl (C=O) groups is 2. The monoisotopic (exact) mass is 320 g/mol. The molecule has 2 N–H and O–H groups in total. The summed E-state index contributed by atoms with van der Waals surface area (Å²) in [4.78, 5) is 23.7. The summed E-state index contributed by atoms with van der Waals surface area (Å²) >= 11 is 0. The molecule has 5 nitrogen and oxygen atoms in total. The van der Waals surface area contributed by atoms with Crippen LogP contribution in [0.5, 0.6) is 0 Å². The third-order valence-corrected chi connectivity index (χ3v) is 3.45. The molecule has 1 atom stereocenters. The molecule has 1 saturated heterocycles. The lowest BCUT2D eigenvalue weighted by atomic mass is 10.1. The van der Waals surface area contributed by atoms with Crippen molar-refractivity contribution >= 4 is 12.0 Å². The number of hydrogen-bond donors (Lipinski definition) is 2. The zero-order chi connectivity index (χ0) is 16.4. The molecule has 0 radical (unpaired) electrons. The molecule has 1 heterocycles. The van der Waals surface area contributed by atoms with Gasteiger partial charge in [-0.25, -0.2) is 22.4 Å². The second kappa shape index (κ2) is 6.20. The maximum absolute atomic E-state index is 13.4. The summed E-state index contributed by atoms with van der Waals surface area (Å²) in [5.74, 6) is -8.23. The predicted octanol–water partition coefficient (Wildman–Crippen LogP) is 1.86. The number of benzene rings is 1. The summed E-state index contributed by atoms with van der Waals surface area (Å²) in [5.41, 5.74) is -0.804. The third kappa shape index (κ3) is 3.12. The topological polar surface area (TPSA) is 69.6 Å². The molecule has 0 aliphatic carbocycles. The summed E-state index contributed by atoms with van der Waals surface area (Å²) in [7, 11) is 0. The van der Waals surface area contributed by atoms with Gasteiger partial charge in [0.05, 0.1) is 12.5 Å². The SMILES string of the molecule is O=C(O)C1CCN(C(=O)NCc2c(F)cc(F)c(F)c2F)C1. The fraction of sp³-hybridized carbons (Fsp3) is 0.385. The summed E-state index contributed by atoms with van der Waals surface area (Å²) < 4.78 is 52.6. The van der Waals surface area contributed by atoms with Crippen LogP contribution in [0.15, 0.2) is 6.07 Å². The van der Waals surface area contributed by atoms with E-state index in [1.165, 1.54) is 4.90 Å². The van der Waals surface area contributed by atoms with E-state index in [9.17, 15) is 27.2 Å². The Hall–Kier alpha value is -2.32. The smallest absolute Gasteiger partial charge is 0.317 e. The molecule has 0 bridgehead atoms. The molecule has 0 saturated carbocycles. The molecule has 0 spiro atoms. The van der Waals surface area contributed by atoms with Crippen molar-refractivity contribution in [3.8, 4) is 0 Å². The number of halogens is 4. The van der Waals surface area contributed by atoms with E-state index in [4.69, 9.17) is 5.11 Å². The number of urea groups is 1. The highest BCUT2D eigenvalue weighted by atomic mass is 19.2. The Morgan fingerprint density at radius 3 is 2.50 bits per heavy atom. The van der Waals surface area contributed by atoms with Crippen LogP contribution in [0.25, 0.3) is 0 Å². The van der Waals surface area contributed by atoms with Crippen LogP contribution in [0.2, 0.25) is 0 Å². The number of carboxylic acids is 1. The second-order valence-electron chi connectivity index (χ2n) is 4.88. The van der Waals surface area contributed by atoms with E-state index in [0.29, 0.717) is 0 Å². The molecule has 1 aliphatic rings. The minimum Gasteiger partial charge on any atom is -0.481 e. The quantitative estimate of drug-likeness (QED) is 0.507.